The van der Waals surface area contributed by atoms with Crippen molar-refractivity contribution in [3.8, 4) is 0 Å². The second-order valence-corrected chi connectivity index (χ2v) is 7.64. The third kappa shape index (κ3) is 4.00. The lowest BCUT2D eigenvalue weighted by molar-refractivity contribution is -0.918. The molecule has 27 heavy (non-hydrogen) atoms. The normalized spacial score (nSPS) is 15.7. The molecule has 3 aromatic rings. The Balaban J connectivity index is 1.61. The van der Waals surface area contributed by atoms with Gasteiger partial charge in [-0.25, -0.2) is 0 Å². The van der Waals surface area contributed by atoms with E-state index in [4.69, 9.17) is 11.6 Å². The van der Waals surface area contributed by atoms with Crippen molar-refractivity contribution in [3.63, 3.8) is 0 Å². The summed E-state index contributed by atoms with van der Waals surface area (Å²) in [4.78, 5) is 14.2. The summed E-state index contributed by atoms with van der Waals surface area (Å²) in [6.07, 6.45) is 2.50. The van der Waals surface area contributed by atoms with Crippen LogP contribution in [0.4, 0.5) is 0 Å². The van der Waals surface area contributed by atoms with Crippen molar-refractivity contribution in [2.75, 3.05) is 19.6 Å². The number of hydrogen-bond acceptors (Lipinski definition) is 1. The number of quaternary nitrogens is 1. The van der Waals surface area contributed by atoms with Gasteiger partial charge in [0.1, 0.15) is 6.04 Å². The second-order valence-electron chi connectivity index (χ2n) is 7.21. The Hall–Kier alpha value is -2.36. The van der Waals surface area contributed by atoms with Crippen molar-refractivity contribution in [2.24, 2.45) is 0 Å². The zero-order valence-corrected chi connectivity index (χ0v) is 16.0. The minimum Gasteiger partial charge on any atom is -0.346 e. The molecule has 1 aliphatic heterocycles. The first-order valence-electron chi connectivity index (χ1n) is 9.58. The molecule has 3 nitrogen and oxygen atoms in total. The van der Waals surface area contributed by atoms with Gasteiger partial charge < -0.3 is 10.2 Å². The summed E-state index contributed by atoms with van der Waals surface area (Å²) < 4.78 is 0. The predicted octanol–water partition coefficient (Wildman–Crippen LogP) is 3.64. The van der Waals surface area contributed by atoms with E-state index in [0.717, 1.165) is 13.1 Å². The van der Waals surface area contributed by atoms with E-state index in [-0.39, 0.29) is 11.9 Å². The van der Waals surface area contributed by atoms with Crippen LogP contribution in [0, 0.1) is 0 Å². The minimum atomic E-state index is -0.0682. The fraction of sp³-hybridized carbons (Fsp3) is 0.261. The van der Waals surface area contributed by atoms with Gasteiger partial charge in [-0.2, -0.15) is 0 Å². The van der Waals surface area contributed by atoms with E-state index >= 15 is 0 Å². The molecule has 0 saturated carbocycles. The number of hydrogen-bond donors (Lipinski definition) is 2. The summed E-state index contributed by atoms with van der Waals surface area (Å²) >= 11 is 6.03. The summed E-state index contributed by atoms with van der Waals surface area (Å²) in [5.41, 5.74) is 1.92. The molecule has 0 aromatic heterocycles. The van der Waals surface area contributed by atoms with Crippen LogP contribution in [0.2, 0.25) is 5.02 Å². The number of amides is 1. The molecule has 4 heteroatoms. The lowest BCUT2D eigenvalue weighted by atomic mass is 9.97. The van der Waals surface area contributed by atoms with Crippen molar-refractivity contribution in [3.05, 3.63) is 82.9 Å². The lowest BCUT2D eigenvalue weighted by Gasteiger charge is -2.26. The van der Waals surface area contributed by atoms with Crippen LogP contribution < -0.4 is 10.2 Å². The van der Waals surface area contributed by atoms with Gasteiger partial charge in [-0.3, -0.25) is 4.79 Å². The fourth-order valence-electron chi connectivity index (χ4n) is 4.13. The van der Waals surface area contributed by atoms with E-state index in [2.05, 4.69) is 47.8 Å². The Labute approximate surface area is 164 Å². The smallest absolute Gasteiger partial charge is 0.251 e. The maximum atomic E-state index is 12.6. The molecule has 1 atom stereocenters. The highest BCUT2D eigenvalue weighted by molar-refractivity contribution is 6.30. The molecule has 0 bridgehead atoms. The maximum Gasteiger partial charge on any atom is 0.251 e. The monoisotopic (exact) mass is 379 g/mol. The van der Waals surface area contributed by atoms with Gasteiger partial charge in [-0.15, -0.1) is 0 Å². The van der Waals surface area contributed by atoms with Crippen LogP contribution in [0.3, 0.4) is 0 Å². The molecule has 4 rings (SSSR count). The Bertz CT molecular complexity index is 945. The summed E-state index contributed by atoms with van der Waals surface area (Å²) in [6.45, 7) is 2.93. The van der Waals surface area contributed by atoms with Crippen LogP contribution in [0.1, 0.15) is 34.8 Å². The average molecular weight is 380 g/mol. The molecule has 3 aromatic carbocycles. The second kappa shape index (κ2) is 8.12. The lowest BCUT2D eigenvalue weighted by Crippen LogP contribution is -3.11. The number of carbonyl (C=O) groups excluding carboxylic acids is 1. The van der Waals surface area contributed by atoms with Gasteiger partial charge in [-0.1, -0.05) is 60.1 Å². The molecule has 0 aliphatic carbocycles. The van der Waals surface area contributed by atoms with Crippen LogP contribution in [-0.2, 0) is 0 Å². The summed E-state index contributed by atoms with van der Waals surface area (Å²) in [5, 5.41) is 6.26. The number of nitrogens with one attached hydrogen (secondary N) is 2. The summed E-state index contributed by atoms with van der Waals surface area (Å²) in [7, 11) is 0. The van der Waals surface area contributed by atoms with Gasteiger partial charge in [0.15, 0.2) is 0 Å². The van der Waals surface area contributed by atoms with Gasteiger partial charge in [0.05, 0.1) is 19.6 Å². The molecular formula is C23H24ClN2O+. The molecule has 1 fully saturated rings. The molecule has 1 heterocycles. The quantitative estimate of drug-likeness (QED) is 0.697. The highest BCUT2D eigenvalue weighted by Crippen LogP contribution is 2.23. The first kappa shape index (κ1) is 18.0. The van der Waals surface area contributed by atoms with E-state index in [0.29, 0.717) is 17.1 Å². The largest absolute Gasteiger partial charge is 0.346 e. The van der Waals surface area contributed by atoms with Gasteiger partial charge in [-0.05, 0) is 29.0 Å². The molecule has 1 saturated heterocycles. The minimum absolute atomic E-state index is 0.0682. The standard InChI is InChI=1S/C23H23ClN2O/c24-19-10-5-9-18(15-19)23(27)25-16-22(26-13-3-4-14-26)21-12-6-8-17-7-1-2-11-20(17)21/h1-2,5-12,15,22H,3-4,13-14,16H2,(H,25,27)/p+1/t22-/m0/s1. The van der Waals surface area contributed by atoms with Crippen LogP contribution in [0.5, 0.6) is 0 Å². The summed E-state index contributed by atoms with van der Waals surface area (Å²) in [5.74, 6) is -0.0682. The molecule has 0 spiro atoms. The van der Waals surface area contributed by atoms with Crippen molar-refractivity contribution >= 4 is 28.3 Å². The average Bonchev–Trinajstić information content (AvgIpc) is 3.22. The van der Waals surface area contributed by atoms with Crippen molar-refractivity contribution < 1.29 is 9.69 Å². The van der Waals surface area contributed by atoms with Gasteiger partial charge in [0, 0.05) is 29.0 Å². The number of benzene rings is 3. The topological polar surface area (TPSA) is 33.5 Å². The Kier molecular flexibility index (Phi) is 5.42. The van der Waals surface area contributed by atoms with Crippen LogP contribution >= 0.6 is 11.6 Å². The van der Waals surface area contributed by atoms with Crippen LogP contribution in [0.25, 0.3) is 10.8 Å². The third-order valence-corrected chi connectivity index (χ3v) is 5.73. The molecular weight excluding hydrogens is 356 g/mol. The SMILES string of the molecule is O=C(NC[C@@H](c1cccc2ccccc12)[NH+]1CCCC1)c1cccc(Cl)c1. The van der Waals surface area contributed by atoms with Crippen molar-refractivity contribution in [1.29, 1.82) is 0 Å². The predicted molar refractivity (Wildman–Crippen MR) is 110 cm³/mol. The van der Waals surface area contributed by atoms with Crippen LogP contribution in [0.15, 0.2) is 66.7 Å². The molecule has 2 N–H and O–H groups in total. The highest BCUT2D eigenvalue weighted by atomic mass is 35.5. The first-order chi connectivity index (χ1) is 13.2. The first-order valence-corrected chi connectivity index (χ1v) is 9.96. The molecule has 138 valence electrons. The van der Waals surface area contributed by atoms with Crippen molar-refractivity contribution in [1.82, 2.24) is 5.32 Å². The zero-order valence-electron chi connectivity index (χ0n) is 15.2. The fourth-order valence-corrected chi connectivity index (χ4v) is 4.32. The van der Waals surface area contributed by atoms with E-state index in [1.54, 1.807) is 23.1 Å². The van der Waals surface area contributed by atoms with E-state index in [1.807, 2.05) is 6.07 Å². The molecule has 0 unspecified atom stereocenters. The van der Waals surface area contributed by atoms with Gasteiger partial charge in [0.2, 0.25) is 0 Å². The van der Waals surface area contributed by atoms with E-state index < -0.39 is 0 Å². The number of halogens is 1. The molecule has 1 amide bonds. The van der Waals surface area contributed by atoms with Crippen molar-refractivity contribution in [2.45, 2.75) is 18.9 Å². The van der Waals surface area contributed by atoms with Gasteiger partial charge >= 0.3 is 0 Å². The number of rotatable bonds is 5. The van der Waals surface area contributed by atoms with E-state index in [1.165, 1.54) is 29.2 Å². The third-order valence-electron chi connectivity index (χ3n) is 5.49. The highest BCUT2D eigenvalue weighted by Gasteiger charge is 2.29. The zero-order chi connectivity index (χ0) is 18.6. The maximum absolute atomic E-state index is 12.6. The Morgan fingerprint density at radius 1 is 1.00 bits per heavy atom. The number of fused-ring (bicyclic) bond motifs is 1. The Morgan fingerprint density at radius 3 is 2.56 bits per heavy atom. The molecule has 0 radical (unpaired) electrons. The summed E-state index contributed by atoms with van der Waals surface area (Å²) in [6, 6.07) is 22.4. The van der Waals surface area contributed by atoms with E-state index in [9.17, 15) is 4.79 Å². The van der Waals surface area contributed by atoms with Gasteiger partial charge in [0.25, 0.3) is 5.91 Å². The molecule has 1 aliphatic rings. The number of carbonyl (C=O) groups is 1. The number of likely N-dealkylation sites (tertiary alicyclic amines) is 1. The Morgan fingerprint density at radius 2 is 1.74 bits per heavy atom. The van der Waals surface area contributed by atoms with Crippen LogP contribution in [-0.4, -0.2) is 25.5 Å².